The van der Waals surface area contributed by atoms with Gasteiger partial charge in [0, 0.05) is 5.69 Å². The third-order valence-electron chi connectivity index (χ3n) is 2.40. The van der Waals surface area contributed by atoms with E-state index in [-0.39, 0.29) is 5.97 Å². The molecule has 0 aliphatic rings. The van der Waals surface area contributed by atoms with E-state index in [1.54, 1.807) is 13.8 Å². The fourth-order valence-corrected chi connectivity index (χ4v) is 1.65. The van der Waals surface area contributed by atoms with Gasteiger partial charge >= 0.3 is 5.97 Å². The van der Waals surface area contributed by atoms with Crippen molar-refractivity contribution in [3.05, 3.63) is 23.3 Å². The van der Waals surface area contributed by atoms with Crippen molar-refractivity contribution in [2.24, 2.45) is 0 Å². The highest BCUT2D eigenvalue weighted by Gasteiger charge is 2.17. The van der Waals surface area contributed by atoms with Gasteiger partial charge in [0.25, 0.3) is 0 Å². The summed E-state index contributed by atoms with van der Waals surface area (Å²) in [6, 6.07) is 3.64. The van der Waals surface area contributed by atoms with Crippen molar-refractivity contribution in [3.63, 3.8) is 0 Å². The maximum atomic E-state index is 11.5. The van der Waals surface area contributed by atoms with Crippen LogP contribution in [0.2, 0.25) is 0 Å². The number of hydrogen-bond acceptors (Lipinski definition) is 4. The summed E-state index contributed by atoms with van der Waals surface area (Å²) < 4.78 is 10.5. The average molecular weight is 237 g/mol. The number of carbonyl (C=O) groups excluding carboxylic acids is 1. The van der Waals surface area contributed by atoms with Crippen LogP contribution < -0.4 is 10.5 Å². The molecule has 1 rings (SSSR count). The zero-order chi connectivity index (χ0) is 13.0. The van der Waals surface area contributed by atoms with Gasteiger partial charge in [-0.3, -0.25) is 0 Å². The molecule has 4 nitrogen and oxygen atoms in total. The van der Waals surface area contributed by atoms with Crippen molar-refractivity contribution >= 4 is 11.7 Å². The fraction of sp³-hybridized carbons (Fsp3) is 0.462. The Bertz CT molecular complexity index is 392. The van der Waals surface area contributed by atoms with Crippen LogP contribution in [-0.4, -0.2) is 18.7 Å². The van der Waals surface area contributed by atoms with E-state index >= 15 is 0 Å². The minimum atomic E-state index is -0.615. The number of esters is 1. The maximum absolute atomic E-state index is 11.5. The second kappa shape index (κ2) is 5.57. The van der Waals surface area contributed by atoms with Gasteiger partial charge in [-0.05, 0) is 51.0 Å². The van der Waals surface area contributed by atoms with Gasteiger partial charge < -0.3 is 15.2 Å². The van der Waals surface area contributed by atoms with Gasteiger partial charge in [0.1, 0.15) is 5.75 Å². The van der Waals surface area contributed by atoms with Crippen molar-refractivity contribution < 1.29 is 14.3 Å². The van der Waals surface area contributed by atoms with Crippen molar-refractivity contribution in [2.75, 3.05) is 12.3 Å². The first-order valence-electron chi connectivity index (χ1n) is 5.65. The lowest BCUT2D eigenvalue weighted by Gasteiger charge is -2.17. The molecule has 0 radical (unpaired) electrons. The summed E-state index contributed by atoms with van der Waals surface area (Å²) in [5, 5.41) is 0. The third kappa shape index (κ3) is 3.37. The maximum Gasteiger partial charge on any atom is 0.347 e. The number of rotatable bonds is 4. The SMILES string of the molecule is CCOC(=O)[C@H](C)Oc1c(C)cc(N)cc1C. The Labute approximate surface area is 102 Å². The van der Waals surface area contributed by atoms with Crippen LogP contribution in [0.5, 0.6) is 5.75 Å². The van der Waals surface area contributed by atoms with Crippen LogP contribution in [0.15, 0.2) is 12.1 Å². The van der Waals surface area contributed by atoms with Crippen LogP contribution >= 0.6 is 0 Å². The van der Waals surface area contributed by atoms with Crippen molar-refractivity contribution in [2.45, 2.75) is 33.8 Å². The Balaban J connectivity index is 2.85. The molecule has 0 saturated carbocycles. The number of anilines is 1. The van der Waals surface area contributed by atoms with Gasteiger partial charge in [0.05, 0.1) is 6.61 Å². The number of carbonyl (C=O) groups is 1. The fourth-order valence-electron chi connectivity index (χ4n) is 1.65. The molecule has 94 valence electrons. The van der Waals surface area contributed by atoms with E-state index in [4.69, 9.17) is 15.2 Å². The molecule has 1 aromatic carbocycles. The first-order valence-corrected chi connectivity index (χ1v) is 5.65. The van der Waals surface area contributed by atoms with Crippen LogP contribution in [0.1, 0.15) is 25.0 Å². The van der Waals surface area contributed by atoms with Crippen LogP contribution in [0.25, 0.3) is 0 Å². The minimum absolute atomic E-state index is 0.353. The molecule has 0 amide bonds. The molecule has 4 heteroatoms. The largest absolute Gasteiger partial charge is 0.478 e. The highest BCUT2D eigenvalue weighted by atomic mass is 16.6. The van der Waals surface area contributed by atoms with Crippen LogP contribution in [-0.2, 0) is 9.53 Å². The normalized spacial score (nSPS) is 12.0. The molecule has 0 bridgehead atoms. The molecule has 2 N–H and O–H groups in total. The standard InChI is InChI=1S/C13H19NO3/c1-5-16-13(15)10(4)17-12-8(2)6-11(14)7-9(12)3/h6-7,10H,5,14H2,1-4H3/t10-/m0/s1. The highest BCUT2D eigenvalue weighted by Crippen LogP contribution is 2.26. The quantitative estimate of drug-likeness (QED) is 0.644. The molecule has 0 spiro atoms. The van der Waals surface area contributed by atoms with Gasteiger partial charge in [0.2, 0.25) is 0 Å². The van der Waals surface area contributed by atoms with Gasteiger partial charge in [-0.15, -0.1) is 0 Å². The van der Waals surface area contributed by atoms with E-state index < -0.39 is 6.10 Å². The lowest BCUT2D eigenvalue weighted by atomic mass is 10.1. The van der Waals surface area contributed by atoms with E-state index in [2.05, 4.69) is 0 Å². The van der Waals surface area contributed by atoms with Crippen LogP contribution in [0.4, 0.5) is 5.69 Å². The van der Waals surface area contributed by atoms with Crippen molar-refractivity contribution in [1.29, 1.82) is 0 Å². The van der Waals surface area contributed by atoms with E-state index in [1.165, 1.54) is 0 Å². The lowest BCUT2D eigenvalue weighted by molar-refractivity contribution is -0.150. The van der Waals surface area contributed by atoms with Gasteiger partial charge in [-0.1, -0.05) is 0 Å². The molecule has 17 heavy (non-hydrogen) atoms. The molecule has 0 aliphatic carbocycles. The predicted molar refractivity (Wildman–Crippen MR) is 67.1 cm³/mol. The van der Waals surface area contributed by atoms with E-state index in [0.717, 1.165) is 11.1 Å². The highest BCUT2D eigenvalue weighted by molar-refractivity contribution is 5.74. The summed E-state index contributed by atoms with van der Waals surface area (Å²) >= 11 is 0. The molecular weight excluding hydrogens is 218 g/mol. The summed E-state index contributed by atoms with van der Waals surface area (Å²) in [5.74, 6) is 0.336. The number of hydrogen-bond donors (Lipinski definition) is 1. The smallest absolute Gasteiger partial charge is 0.347 e. The Morgan fingerprint density at radius 1 is 1.35 bits per heavy atom. The monoisotopic (exact) mass is 237 g/mol. The number of benzene rings is 1. The molecule has 0 aromatic heterocycles. The summed E-state index contributed by atoms with van der Waals surface area (Å²) in [6.45, 7) is 7.59. The Kier molecular flexibility index (Phi) is 4.37. The summed E-state index contributed by atoms with van der Waals surface area (Å²) in [5.41, 5.74) is 8.24. The van der Waals surface area contributed by atoms with E-state index in [0.29, 0.717) is 18.0 Å². The molecule has 0 fully saturated rings. The topological polar surface area (TPSA) is 61.5 Å². The summed E-state index contributed by atoms with van der Waals surface area (Å²) in [6.07, 6.45) is -0.615. The molecule has 0 unspecified atom stereocenters. The van der Waals surface area contributed by atoms with E-state index in [9.17, 15) is 4.79 Å². The average Bonchev–Trinajstić information content (AvgIpc) is 2.23. The summed E-state index contributed by atoms with van der Waals surface area (Å²) in [4.78, 5) is 11.5. The van der Waals surface area contributed by atoms with Crippen molar-refractivity contribution in [1.82, 2.24) is 0 Å². The van der Waals surface area contributed by atoms with Gasteiger partial charge in [0.15, 0.2) is 6.10 Å². The molecular formula is C13H19NO3. The first kappa shape index (κ1) is 13.4. The number of nitrogens with two attached hydrogens (primary N) is 1. The first-order chi connectivity index (χ1) is 7.95. The third-order valence-corrected chi connectivity index (χ3v) is 2.40. The van der Waals surface area contributed by atoms with Gasteiger partial charge in [-0.2, -0.15) is 0 Å². The number of ether oxygens (including phenoxy) is 2. The Morgan fingerprint density at radius 2 is 1.88 bits per heavy atom. The van der Waals surface area contributed by atoms with Crippen LogP contribution in [0.3, 0.4) is 0 Å². The zero-order valence-electron chi connectivity index (χ0n) is 10.7. The second-order valence-electron chi connectivity index (χ2n) is 4.00. The molecule has 1 atom stereocenters. The molecule has 0 saturated heterocycles. The Morgan fingerprint density at radius 3 is 2.35 bits per heavy atom. The summed E-state index contributed by atoms with van der Waals surface area (Å²) in [7, 11) is 0. The lowest BCUT2D eigenvalue weighted by Crippen LogP contribution is -2.26. The van der Waals surface area contributed by atoms with Gasteiger partial charge in [-0.25, -0.2) is 4.79 Å². The van der Waals surface area contributed by atoms with Crippen LogP contribution in [0, 0.1) is 13.8 Å². The molecule has 1 aromatic rings. The number of aryl methyl sites for hydroxylation is 2. The second-order valence-corrected chi connectivity index (χ2v) is 4.00. The molecule has 0 aliphatic heterocycles. The Hall–Kier alpha value is -1.71. The van der Waals surface area contributed by atoms with E-state index in [1.807, 2.05) is 26.0 Å². The molecule has 0 heterocycles. The zero-order valence-corrected chi connectivity index (χ0v) is 10.7. The predicted octanol–water partition coefficient (Wildman–Crippen LogP) is 2.22. The number of nitrogen functional groups attached to an aromatic ring is 1. The minimum Gasteiger partial charge on any atom is -0.478 e. The van der Waals surface area contributed by atoms with Crippen molar-refractivity contribution in [3.8, 4) is 5.75 Å².